The molecule has 1 aliphatic carbocycles. The summed E-state index contributed by atoms with van der Waals surface area (Å²) >= 11 is 0. The minimum Gasteiger partial charge on any atom is -0.314 e. The van der Waals surface area contributed by atoms with E-state index in [1.165, 1.54) is 18.4 Å². The van der Waals surface area contributed by atoms with E-state index in [9.17, 15) is 0 Å². The van der Waals surface area contributed by atoms with Crippen molar-refractivity contribution in [1.29, 1.82) is 0 Å². The van der Waals surface area contributed by atoms with Crippen molar-refractivity contribution in [1.82, 2.24) is 5.32 Å². The van der Waals surface area contributed by atoms with Crippen LogP contribution in [0.25, 0.3) is 0 Å². The van der Waals surface area contributed by atoms with Crippen molar-refractivity contribution in [3.8, 4) is 0 Å². The van der Waals surface area contributed by atoms with E-state index < -0.39 is 0 Å². The van der Waals surface area contributed by atoms with Crippen molar-refractivity contribution in [2.75, 3.05) is 7.05 Å². The van der Waals surface area contributed by atoms with E-state index in [1.54, 1.807) is 0 Å². The molecule has 0 amide bonds. The largest absolute Gasteiger partial charge is 0.314 e. The van der Waals surface area contributed by atoms with Crippen molar-refractivity contribution in [2.24, 2.45) is 0 Å². The molecule has 2 rings (SSSR count). The van der Waals surface area contributed by atoms with Gasteiger partial charge in [0.1, 0.15) is 0 Å². The van der Waals surface area contributed by atoms with E-state index >= 15 is 0 Å². The van der Waals surface area contributed by atoms with E-state index in [2.05, 4.69) is 49.6 Å². The highest BCUT2D eigenvalue weighted by Crippen LogP contribution is 2.53. The Kier molecular flexibility index (Phi) is 3.57. The number of rotatable bonds is 3. The number of benzene rings is 1. The van der Waals surface area contributed by atoms with Crippen LogP contribution in [0, 0.1) is 0 Å². The van der Waals surface area contributed by atoms with Gasteiger partial charge in [-0.1, -0.05) is 37.3 Å². The first kappa shape index (κ1) is 11.5. The summed E-state index contributed by atoms with van der Waals surface area (Å²) in [6.07, 6.45) is 2.52. The quantitative estimate of drug-likeness (QED) is 0.811. The third kappa shape index (κ3) is 1.79. The summed E-state index contributed by atoms with van der Waals surface area (Å²) in [5.41, 5.74) is 1.89. The first-order chi connectivity index (χ1) is 6.32. The summed E-state index contributed by atoms with van der Waals surface area (Å²) in [7, 11) is 2.08. The van der Waals surface area contributed by atoms with Crippen LogP contribution in [0.3, 0.4) is 0 Å². The number of nitrogens with one attached hydrogen (secondary N) is 1. The third-order valence-electron chi connectivity index (χ3n) is 3.41. The Hall–Kier alpha value is -0.530. The zero-order valence-corrected chi connectivity index (χ0v) is 9.60. The zero-order valence-electron chi connectivity index (χ0n) is 8.79. The van der Waals surface area contributed by atoms with Gasteiger partial charge in [0.2, 0.25) is 0 Å². The topological polar surface area (TPSA) is 12.0 Å². The molecule has 0 heterocycles. The molecule has 0 bridgehead atoms. The average Bonchev–Trinajstić information content (AvgIpc) is 2.95. The van der Waals surface area contributed by atoms with E-state index in [-0.39, 0.29) is 12.4 Å². The maximum Gasteiger partial charge on any atom is 0.0251 e. The fourth-order valence-electron chi connectivity index (χ4n) is 2.27. The molecule has 2 heteroatoms. The van der Waals surface area contributed by atoms with E-state index in [0.717, 1.165) is 5.92 Å². The molecule has 14 heavy (non-hydrogen) atoms. The second kappa shape index (κ2) is 4.33. The monoisotopic (exact) mass is 211 g/mol. The molecule has 0 aromatic heterocycles. The lowest BCUT2D eigenvalue weighted by Crippen LogP contribution is -2.28. The van der Waals surface area contributed by atoms with Crippen molar-refractivity contribution in [3.63, 3.8) is 0 Å². The van der Waals surface area contributed by atoms with Crippen molar-refractivity contribution in [3.05, 3.63) is 35.9 Å². The third-order valence-corrected chi connectivity index (χ3v) is 3.41. The molecular weight excluding hydrogens is 194 g/mol. The smallest absolute Gasteiger partial charge is 0.0251 e. The first-order valence-corrected chi connectivity index (χ1v) is 5.06. The summed E-state index contributed by atoms with van der Waals surface area (Å²) in [5.74, 6) is 0.740. The molecule has 1 aromatic rings. The lowest BCUT2D eigenvalue weighted by molar-refractivity contribution is 0.516. The van der Waals surface area contributed by atoms with Crippen LogP contribution in [-0.4, -0.2) is 12.6 Å². The van der Waals surface area contributed by atoms with E-state index in [1.807, 2.05) is 0 Å². The minimum absolute atomic E-state index is 0. The Morgan fingerprint density at radius 1 is 1.36 bits per heavy atom. The lowest BCUT2D eigenvalue weighted by atomic mass is 10.0. The van der Waals surface area contributed by atoms with Gasteiger partial charge in [-0.25, -0.2) is 0 Å². The molecule has 0 aliphatic heterocycles. The summed E-state index contributed by atoms with van der Waals surface area (Å²) in [5, 5.41) is 3.45. The van der Waals surface area contributed by atoms with Gasteiger partial charge in [-0.2, -0.15) is 0 Å². The van der Waals surface area contributed by atoms with Gasteiger partial charge in [-0.15, -0.1) is 12.4 Å². The van der Waals surface area contributed by atoms with Crippen molar-refractivity contribution in [2.45, 2.75) is 31.2 Å². The second-order valence-electron chi connectivity index (χ2n) is 3.93. The number of hydrogen-bond acceptors (Lipinski definition) is 1. The van der Waals surface area contributed by atoms with Gasteiger partial charge < -0.3 is 5.32 Å². The molecule has 0 saturated heterocycles. The van der Waals surface area contributed by atoms with Gasteiger partial charge in [0.15, 0.2) is 0 Å². The van der Waals surface area contributed by atoms with Gasteiger partial charge in [-0.05, 0) is 25.5 Å². The van der Waals surface area contributed by atoms with Gasteiger partial charge in [0.25, 0.3) is 0 Å². The van der Waals surface area contributed by atoms with E-state index in [0.29, 0.717) is 5.54 Å². The van der Waals surface area contributed by atoms with Crippen LogP contribution in [0.1, 0.15) is 31.2 Å². The molecule has 0 unspecified atom stereocenters. The van der Waals surface area contributed by atoms with Gasteiger partial charge in [0, 0.05) is 11.5 Å². The number of halogens is 1. The van der Waals surface area contributed by atoms with Gasteiger partial charge in [-0.3, -0.25) is 0 Å². The molecule has 1 fully saturated rings. The summed E-state index contributed by atoms with van der Waals surface area (Å²) in [6, 6.07) is 10.8. The molecular formula is C12H18ClN. The highest BCUT2D eigenvalue weighted by atomic mass is 35.5. The fourth-order valence-corrected chi connectivity index (χ4v) is 2.27. The molecule has 1 aliphatic rings. The maximum atomic E-state index is 3.45. The highest BCUT2D eigenvalue weighted by molar-refractivity contribution is 5.85. The fraction of sp³-hybridized carbons (Fsp3) is 0.500. The molecule has 1 nitrogen and oxygen atoms in total. The highest BCUT2D eigenvalue weighted by Gasteiger charge is 2.51. The molecule has 1 aromatic carbocycles. The molecule has 0 spiro atoms. The molecule has 1 N–H and O–H groups in total. The molecule has 0 radical (unpaired) electrons. The molecule has 2 atom stereocenters. The van der Waals surface area contributed by atoms with Crippen LogP contribution in [0.4, 0.5) is 0 Å². The van der Waals surface area contributed by atoms with Gasteiger partial charge >= 0.3 is 0 Å². The standard InChI is InChI=1S/C12H17N.ClH/c1-3-12(13-2)9-11(12)10-7-5-4-6-8-10;/h4-8,11,13H,3,9H2,1-2H3;1H/t11-,12-;/m1./s1. The van der Waals surface area contributed by atoms with Crippen molar-refractivity contribution >= 4 is 12.4 Å². The summed E-state index contributed by atoms with van der Waals surface area (Å²) in [6.45, 7) is 2.26. The van der Waals surface area contributed by atoms with E-state index in [4.69, 9.17) is 0 Å². The normalized spacial score (nSPS) is 29.4. The Bertz CT molecular complexity index is 280. The Balaban J connectivity index is 0.000000980. The van der Waals surface area contributed by atoms with Crippen LogP contribution in [0.5, 0.6) is 0 Å². The summed E-state index contributed by atoms with van der Waals surface area (Å²) in [4.78, 5) is 0. The van der Waals surface area contributed by atoms with Crippen LogP contribution >= 0.6 is 12.4 Å². The average molecular weight is 212 g/mol. The van der Waals surface area contributed by atoms with Crippen LogP contribution in [0.2, 0.25) is 0 Å². The first-order valence-electron chi connectivity index (χ1n) is 5.06. The molecule has 1 saturated carbocycles. The summed E-state index contributed by atoms with van der Waals surface area (Å²) < 4.78 is 0. The van der Waals surface area contributed by atoms with Crippen LogP contribution in [-0.2, 0) is 0 Å². The SMILES string of the molecule is CC[C@@]1(NC)C[C@@H]1c1ccccc1.Cl. The lowest BCUT2D eigenvalue weighted by Gasteiger charge is -2.13. The minimum atomic E-state index is 0. The predicted octanol–water partition coefficient (Wildman–Crippen LogP) is 2.96. The Morgan fingerprint density at radius 2 is 2.00 bits per heavy atom. The second-order valence-corrected chi connectivity index (χ2v) is 3.93. The van der Waals surface area contributed by atoms with Crippen LogP contribution in [0.15, 0.2) is 30.3 Å². The zero-order chi connectivity index (χ0) is 9.31. The Labute approximate surface area is 92.3 Å². The Morgan fingerprint density at radius 3 is 2.43 bits per heavy atom. The number of likely N-dealkylation sites (N-methyl/N-ethyl adjacent to an activating group) is 1. The van der Waals surface area contributed by atoms with Crippen molar-refractivity contribution < 1.29 is 0 Å². The number of hydrogen-bond donors (Lipinski definition) is 1. The predicted molar refractivity (Wildman–Crippen MR) is 63.1 cm³/mol. The van der Waals surface area contributed by atoms with Gasteiger partial charge in [0.05, 0.1) is 0 Å². The maximum absolute atomic E-state index is 3.45. The molecule has 78 valence electrons. The van der Waals surface area contributed by atoms with Crippen LogP contribution < -0.4 is 5.32 Å².